The average molecular weight is 513 g/mol. The molecule has 0 bridgehead atoms. The second-order valence-corrected chi connectivity index (χ2v) is 9.56. The van der Waals surface area contributed by atoms with Crippen LogP contribution in [-0.4, -0.2) is 45.9 Å². The molecule has 3 heterocycles. The molecular formula is C30H29FN4O3. The van der Waals surface area contributed by atoms with E-state index in [2.05, 4.69) is 15.3 Å². The van der Waals surface area contributed by atoms with Crippen molar-refractivity contribution >= 4 is 22.7 Å². The molecule has 0 aliphatic carbocycles. The summed E-state index contributed by atoms with van der Waals surface area (Å²) in [4.78, 5) is 36.1. The summed E-state index contributed by atoms with van der Waals surface area (Å²) in [5.74, 6) is 0.780. The van der Waals surface area contributed by atoms with Crippen LogP contribution in [0.25, 0.3) is 10.9 Å². The van der Waals surface area contributed by atoms with E-state index >= 15 is 0 Å². The zero-order chi connectivity index (χ0) is 26.6. The molecule has 38 heavy (non-hydrogen) atoms. The van der Waals surface area contributed by atoms with Gasteiger partial charge in [0, 0.05) is 48.5 Å². The first-order chi connectivity index (χ1) is 18.4. The Balaban J connectivity index is 1.28. The van der Waals surface area contributed by atoms with Crippen LogP contribution in [-0.2, 0) is 6.54 Å². The predicted octanol–water partition coefficient (Wildman–Crippen LogP) is 5.54. The number of carbonyl (C=O) groups excluding carboxylic acids is 2. The summed E-state index contributed by atoms with van der Waals surface area (Å²) >= 11 is 0. The Labute approximate surface area is 220 Å². The number of carbonyl (C=O) groups is 2. The van der Waals surface area contributed by atoms with Gasteiger partial charge in [0.25, 0.3) is 11.8 Å². The maximum Gasteiger partial charge on any atom is 0.272 e. The highest BCUT2D eigenvalue weighted by molar-refractivity contribution is 5.96. The molecule has 2 aromatic heterocycles. The quantitative estimate of drug-likeness (QED) is 0.367. The van der Waals surface area contributed by atoms with Crippen molar-refractivity contribution in [1.29, 1.82) is 0 Å². The summed E-state index contributed by atoms with van der Waals surface area (Å²) in [7, 11) is 0. The van der Waals surface area contributed by atoms with Gasteiger partial charge in [-0.2, -0.15) is 0 Å². The van der Waals surface area contributed by atoms with Gasteiger partial charge in [0.15, 0.2) is 0 Å². The lowest BCUT2D eigenvalue weighted by Crippen LogP contribution is -2.39. The van der Waals surface area contributed by atoms with Crippen molar-refractivity contribution in [3.8, 4) is 11.5 Å². The number of benzene rings is 2. The summed E-state index contributed by atoms with van der Waals surface area (Å²) in [6, 6.07) is 16.6. The van der Waals surface area contributed by atoms with E-state index in [1.807, 2.05) is 44.2 Å². The van der Waals surface area contributed by atoms with E-state index in [-0.39, 0.29) is 18.4 Å². The lowest BCUT2D eigenvalue weighted by Gasteiger charge is -2.28. The number of likely N-dealkylation sites (tertiary alicyclic amines) is 1. The highest BCUT2D eigenvalue weighted by atomic mass is 19.1. The number of halogens is 1. The lowest BCUT2D eigenvalue weighted by atomic mass is 10.1. The number of nitrogens with zero attached hydrogens (tertiary/aromatic N) is 3. The summed E-state index contributed by atoms with van der Waals surface area (Å²) in [6.45, 7) is 4.86. The van der Waals surface area contributed by atoms with Crippen molar-refractivity contribution in [2.24, 2.45) is 0 Å². The normalized spacial score (nSPS) is 13.9. The van der Waals surface area contributed by atoms with Crippen LogP contribution < -0.4 is 10.1 Å². The number of hydrogen-bond donors (Lipinski definition) is 1. The summed E-state index contributed by atoms with van der Waals surface area (Å²) in [5.41, 5.74) is 4.21. The standard InChI is InChI=1S/C30H29FN4O3/c1-19-6-7-24-25(16-19)32-13-9-28(24)38-27-5-3-4-23(20(27)2)29(36)34-18-21-8-12-33-26(17-21)30(37)35-14-10-22(31)11-15-35/h3-9,12-13,16-17,22H,10-11,14-15,18H2,1-2H3,(H,34,36). The molecule has 1 fully saturated rings. The highest BCUT2D eigenvalue weighted by Gasteiger charge is 2.24. The smallest absolute Gasteiger partial charge is 0.272 e. The van der Waals surface area contributed by atoms with Crippen LogP contribution in [0.2, 0.25) is 0 Å². The first-order valence-electron chi connectivity index (χ1n) is 12.7. The topological polar surface area (TPSA) is 84.4 Å². The van der Waals surface area contributed by atoms with E-state index in [1.54, 1.807) is 41.6 Å². The van der Waals surface area contributed by atoms with E-state index in [9.17, 15) is 14.0 Å². The van der Waals surface area contributed by atoms with Gasteiger partial charge in [-0.15, -0.1) is 0 Å². The van der Waals surface area contributed by atoms with Gasteiger partial charge < -0.3 is 15.0 Å². The lowest BCUT2D eigenvalue weighted by molar-refractivity contribution is 0.0661. The Morgan fingerprint density at radius 2 is 1.79 bits per heavy atom. The molecule has 8 heteroatoms. The molecule has 2 aromatic carbocycles. The van der Waals surface area contributed by atoms with Crippen LogP contribution in [0.4, 0.5) is 4.39 Å². The molecule has 1 N–H and O–H groups in total. The van der Waals surface area contributed by atoms with Crippen molar-refractivity contribution < 1.29 is 18.7 Å². The monoisotopic (exact) mass is 512 g/mol. The average Bonchev–Trinajstić information content (AvgIpc) is 2.93. The van der Waals surface area contributed by atoms with Crippen molar-refractivity contribution in [1.82, 2.24) is 20.2 Å². The molecule has 2 amide bonds. The third kappa shape index (κ3) is 5.49. The molecular weight excluding hydrogens is 483 g/mol. The van der Waals surface area contributed by atoms with Crippen molar-refractivity contribution in [3.05, 3.63) is 94.9 Å². The van der Waals surface area contributed by atoms with E-state index in [0.717, 1.165) is 22.0 Å². The minimum Gasteiger partial charge on any atom is -0.456 e. The Morgan fingerprint density at radius 1 is 1.00 bits per heavy atom. The fraction of sp³-hybridized carbons (Fsp3) is 0.267. The molecule has 0 atom stereocenters. The van der Waals surface area contributed by atoms with Gasteiger partial charge >= 0.3 is 0 Å². The molecule has 1 saturated heterocycles. The number of aryl methyl sites for hydroxylation is 1. The van der Waals surface area contributed by atoms with Gasteiger partial charge in [-0.1, -0.05) is 12.1 Å². The molecule has 0 saturated carbocycles. The summed E-state index contributed by atoms with van der Waals surface area (Å²) in [6.07, 6.45) is 3.10. The number of rotatable bonds is 6. The number of ether oxygens (including phenoxy) is 1. The maximum atomic E-state index is 13.4. The zero-order valence-electron chi connectivity index (χ0n) is 21.4. The molecule has 0 spiro atoms. The maximum absolute atomic E-state index is 13.4. The minimum atomic E-state index is -0.853. The zero-order valence-corrected chi connectivity index (χ0v) is 21.4. The molecule has 1 aliphatic heterocycles. The molecule has 7 nitrogen and oxygen atoms in total. The Kier molecular flexibility index (Phi) is 7.31. The molecule has 4 aromatic rings. The van der Waals surface area contributed by atoms with Gasteiger partial charge in [-0.3, -0.25) is 19.6 Å². The third-order valence-electron chi connectivity index (χ3n) is 6.82. The van der Waals surface area contributed by atoms with Crippen LogP contribution >= 0.6 is 0 Å². The van der Waals surface area contributed by atoms with E-state index in [0.29, 0.717) is 54.3 Å². The molecule has 5 rings (SSSR count). The first kappa shape index (κ1) is 25.3. The Hall–Kier alpha value is -4.33. The number of pyridine rings is 2. The van der Waals surface area contributed by atoms with Gasteiger partial charge in [0.2, 0.25) is 0 Å². The SMILES string of the molecule is Cc1ccc2c(Oc3cccc(C(=O)NCc4ccnc(C(=O)N5CCC(F)CC5)c4)c3C)ccnc2c1. The van der Waals surface area contributed by atoms with Crippen LogP contribution in [0.1, 0.15) is 50.4 Å². The van der Waals surface area contributed by atoms with Crippen LogP contribution in [0.15, 0.2) is 67.0 Å². The van der Waals surface area contributed by atoms with Crippen molar-refractivity contribution in [2.45, 2.75) is 39.4 Å². The molecule has 0 unspecified atom stereocenters. The van der Waals surface area contributed by atoms with E-state index in [1.165, 1.54) is 0 Å². The Morgan fingerprint density at radius 3 is 2.61 bits per heavy atom. The fourth-order valence-electron chi connectivity index (χ4n) is 4.60. The van der Waals surface area contributed by atoms with E-state index in [4.69, 9.17) is 4.74 Å². The van der Waals surface area contributed by atoms with Gasteiger partial charge in [0.05, 0.1) is 5.52 Å². The number of nitrogens with one attached hydrogen (secondary N) is 1. The Bertz CT molecular complexity index is 1500. The van der Waals surface area contributed by atoms with Crippen LogP contribution in [0.5, 0.6) is 11.5 Å². The van der Waals surface area contributed by atoms with Gasteiger partial charge in [0.1, 0.15) is 23.4 Å². The number of aromatic nitrogens is 2. The highest BCUT2D eigenvalue weighted by Crippen LogP contribution is 2.32. The third-order valence-corrected chi connectivity index (χ3v) is 6.82. The molecule has 0 radical (unpaired) electrons. The number of piperidine rings is 1. The molecule has 1 aliphatic rings. The fourth-order valence-corrected chi connectivity index (χ4v) is 4.60. The number of fused-ring (bicyclic) bond motifs is 1. The van der Waals surface area contributed by atoms with E-state index < -0.39 is 6.17 Å². The van der Waals surface area contributed by atoms with Gasteiger partial charge in [-0.25, -0.2) is 4.39 Å². The predicted molar refractivity (Wildman–Crippen MR) is 143 cm³/mol. The van der Waals surface area contributed by atoms with Gasteiger partial charge in [-0.05, 0) is 80.3 Å². The number of hydrogen-bond acceptors (Lipinski definition) is 5. The second kappa shape index (κ2) is 11.0. The van der Waals surface area contributed by atoms with Crippen LogP contribution in [0.3, 0.4) is 0 Å². The van der Waals surface area contributed by atoms with Crippen molar-refractivity contribution in [3.63, 3.8) is 0 Å². The first-order valence-corrected chi connectivity index (χ1v) is 12.7. The minimum absolute atomic E-state index is 0.218. The number of alkyl halides is 1. The summed E-state index contributed by atoms with van der Waals surface area (Å²) in [5, 5.41) is 3.82. The molecule has 194 valence electrons. The van der Waals surface area contributed by atoms with Crippen LogP contribution in [0, 0.1) is 13.8 Å². The second-order valence-electron chi connectivity index (χ2n) is 9.56. The van der Waals surface area contributed by atoms with Crippen molar-refractivity contribution in [2.75, 3.05) is 13.1 Å². The number of amides is 2. The summed E-state index contributed by atoms with van der Waals surface area (Å²) < 4.78 is 19.7. The largest absolute Gasteiger partial charge is 0.456 e.